The summed E-state index contributed by atoms with van der Waals surface area (Å²) < 4.78 is 25.9. The predicted octanol–water partition coefficient (Wildman–Crippen LogP) is 17.9. The summed E-state index contributed by atoms with van der Waals surface area (Å²) in [6, 6.07) is 55.7. The number of aryl methyl sites for hydroxylation is 3. The van der Waals surface area contributed by atoms with Gasteiger partial charge in [0.05, 0.1) is 52.2 Å². The molecule has 10 nitrogen and oxygen atoms in total. The molecule has 2 N–H and O–H groups in total. The molecule has 8 aromatic carbocycles. The number of allylic oxidation sites excluding steroid dienone is 1. The third-order valence-electron chi connectivity index (χ3n) is 17.3. The minimum Gasteiger partial charge on any atom is -0.478 e. The minimum atomic E-state index is -1.75. The molecule has 0 bridgehead atoms. The van der Waals surface area contributed by atoms with Crippen molar-refractivity contribution in [2.75, 3.05) is 6.61 Å². The fourth-order valence-corrected chi connectivity index (χ4v) is 12.9. The lowest BCUT2D eigenvalue weighted by molar-refractivity contribution is -0.140. The number of aromatic carboxylic acids is 2. The van der Waals surface area contributed by atoms with Gasteiger partial charge in [-0.3, -0.25) is 0 Å². The molecule has 0 aliphatic carbocycles. The SMILES string of the molecule is CCCOC(=O)C1=C(c2ccc(C(=O)O)cc2)/C(=C(\c2c(C)cc(C)cc2C)c2c(-c3ccc(C(=O)O)cc3)c(-c3ccccc3F)c(-c3cccc(-c4ccc(C(C)(C)C)cc4)c3)n2C)N(B(C#N)C#N)C1(C)c1cccc(-c2ccc(C(C)(C)C)cc2)c1. The van der Waals surface area contributed by atoms with Gasteiger partial charge in [0.1, 0.15) is 5.82 Å². The van der Waals surface area contributed by atoms with E-state index in [0.29, 0.717) is 62.3 Å². The van der Waals surface area contributed by atoms with E-state index in [1.165, 1.54) is 30.3 Å². The zero-order valence-corrected chi connectivity index (χ0v) is 53.0. The molecule has 10 rings (SSSR count). The first-order valence-electron chi connectivity index (χ1n) is 30.2. The highest BCUT2D eigenvalue weighted by atomic mass is 19.1. The quantitative estimate of drug-likeness (QED) is 0.0753. The number of aromatic nitrogens is 1. The van der Waals surface area contributed by atoms with Crippen LogP contribution < -0.4 is 0 Å². The van der Waals surface area contributed by atoms with Crippen LogP contribution in [-0.2, 0) is 32.9 Å². The van der Waals surface area contributed by atoms with Crippen molar-refractivity contribution in [1.82, 2.24) is 9.38 Å². The number of carboxylic acid groups (broad SMARTS) is 2. The minimum absolute atomic E-state index is 0.00920. The number of carboxylic acids is 2. The molecule has 1 atom stereocenters. The van der Waals surface area contributed by atoms with Gasteiger partial charge in [0.15, 0.2) is 0 Å². The van der Waals surface area contributed by atoms with E-state index in [1.54, 1.807) is 47.3 Å². The molecule has 1 aliphatic heterocycles. The second-order valence-electron chi connectivity index (χ2n) is 25.6. The molecule has 1 aromatic heterocycles. The second-order valence-corrected chi connectivity index (χ2v) is 25.6. The largest absolute Gasteiger partial charge is 0.493 e. The summed E-state index contributed by atoms with van der Waals surface area (Å²) >= 11 is 0. The molecule has 9 aromatic rings. The Morgan fingerprint density at radius 3 is 1.59 bits per heavy atom. The van der Waals surface area contributed by atoms with Crippen LogP contribution in [0.15, 0.2) is 193 Å². The number of hydrogen-bond donors (Lipinski definition) is 2. The topological polar surface area (TPSA) is 157 Å². The fraction of sp³-hybridized carbons (Fsp3) is 0.218. The third kappa shape index (κ3) is 11.6. The Morgan fingerprint density at radius 1 is 0.600 bits per heavy atom. The summed E-state index contributed by atoms with van der Waals surface area (Å²) in [5.74, 6) is 1.11. The number of hydrogen-bond acceptors (Lipinski definition) is 7. The zero-order valence-electron chi connectivity index (χ0n) is 53.0. The lowest BCUT2D eigenvalue weighted by Crippen LogP contribution is -2.50. The number of carbonyl (C=O) groups is 3. The number of rotatable bonds is 15. The van der Waals surface area contributed by atoms with Gasteiger partial charge in [-0.1, -0.05) is 194 Å². The summed E-state index contributed by atoms with van der Waals surface area (Å²) in [7, 11) is 1.90. The van der Waals surface area contributed by atoms with E-state index in [0.717, 1.165) is 50.1 Å². The maximum absolute atomic E-state index is 17.6. The van der Waals surface area contributed by atoms with Crippen molar-refractivity contribution in [2.24, 2.45) is 7.05 Å². The van der Waals surface area contributed by atoms with Gasteiger partial charge in [0.25, 0.3) is 0 Å². The van der Waals surface area contributed by atoms with Crippen molar-refractivity contribution < 1.29 is 33.7 Å². The summed E-state index contributed by atoms with van der Waals surface area (Å²) in [5.41, 5.74) is 12.2. The lowest BCUT2D eigenvalue weighted by atomic mass is 9.60. The number of carbonyl (C=O) groups excluding carboxylic acids is 1. The van der Waals surface area contributed by atoms with Gasteiger partial charge in [-0.05, 0) is 160 Å². The third-order valence-corrected chi connectivity index (χ3v) is 17.3. The summed E-state index contributed by atoms with van der Waals surface area (Å²) in [6.45, 7) is 21.0. The molecule has 90 heavy (non-hydrogen) atoms. The highest BCUT2D eigenvalue weighted by Gasteiger charge is 2.56. The van der Waals surface area contributed by atoms with Crippen molar-refractivity contribution in [2.45, 2.75) is 99.0 Å². The van der Waals surface area contributed by atoms with Gasteiger partial charge in [-0.15, -0.1) is 0 Å². The monoisotopic (exact) mass is 1190 g/mol. The number of nitriles is 2. The van der Waals surface area contributed by atoms with Crippen LogP contribution in [0.4, 0.5) is 4.39 Å². The molecule has 0 spiro atoms. The van der Waals surface area contributed by atoms with E-state index in [9.17, 15) is 30.3 Å². The summed E-state index contributed by atoms with van der Waals surface area (Å²) in [6.07, 6.45) is 0.454. The average molecular weight is 1190 g/mol. The molecule has 0 fully saturated rings. The van der Waals surface area contributed by atoms with Gasteiger partial charge in [-0.25, -0.2) is 29.3 Å². The molecule has 0 amide bonds. The first kappa shape index (κ1) is 62.7. The van der Waals surface area contributed by atoms with Crippen LogP contribution in [0.25, 0.3) is 66.9 Å². The maximum Gasteiger partial charge on any atom is 0.493 e. The van der Waals surface area contributed by atoms with E-state index in [2.05, 4.69) is 108 Å². The highest BCUT2D eigenvalue weighted by molar-refractivity contribution is 6.72. The molecular formula is C78H72BFN4O6. The first-order valence-corrected chi connectivity index (χ1v) is 30.2. The van der Waals surface area contributed by atoms with E-state index in [1.807, 2.05) is 101 Å². The highest BCUT2D eigenvalue weighted by Crippen LogP contribution is 2.58. The van der Waals surface area contributed by atoms with Crippen LogP contribution in [0.3, 0.4) is 0 Å². The zero-order chi connectivity index (χ0) is 64.7. The van der Waals surface area contributed by atoms with Crippen LogP contribution in [-0.4, -0.2) is 51.0 Å². The van der Waals surface area contributed by atoms with E-state index in [4.69, 9.17) is 4.74 Å². The first-order chi connectivity index (χ1) is 42.8. The number of ether oxygens (including phenoxy) is 1. The van der Waals surface area contributed by atoms with E-state index in [-0.39, 0.29) is 51.0 Å². The van der Waals surface area contributed by atoms with Crippen LogP contribution in [0.5, 0.6) is 0 Å². The van der Waals surface area contributed by atoms with Crippen LogP contribution in [0.1, 0.15) is 133 Å². The summed E-state index contributed by atoms with van der Waals surface area (Å²) in [4.78, 5) is 43.3. The lowest BCUT2D eigenvalue weighted by Gasteiger charge is -2.41. The van der Waals surface area contributed by atoms with Crippen LogP contribution >= 0.6 is 0 Å². The Bertz CT molecular complexity index is 4440. The number of esters is 1. The normalized spacial score (nSPS) is 14.7. The van der Waals surface area contributed by atoms with Gasteiger partial charge >= 0.3 is 24.8 Å². The Kier molecular flexibility index (Phi) is 17.2. The van der Waals surface area contributed by atoms with Crippen molar-refractivity contribution >= 4 is 35.9 Å². The Hall–Kier alpha value is -10.3. The van der Waals surface area contributed by atoms with Crippen molar-refractivity contribution in [3.8, 4) is 67.7 Å². The van der Waals surface area contributed by atoms with Crippen molar-refractivity contribution in [1.29, 1.82) is 10.5 Å². The van der Waals surface area contributed by atoms with E-state index >= 15 is 9.18 Å². The Balaban J connectivity index is 1.47. The predicted molar refractivity (Wildman–Crippen MR) is 358 cm³/mol. The molecule has 2 heterocycles. The number of halogens is 1. The van der Waals surface area contributed by atoms with Crippen molar-refractivity contribution in [3.63, 3.8) is 0 Å². The molecule has 0 saturated heterocycles. The van der Waals surface area contributed by atoms with Crippen molar-refractivity contribution in [3.05, 3.63) is 260 Å². The Morgan fingerprint density at radius 2 is 1.09 bits per heavy atom. The number of nitrogens with zero attached hydrogens (tertiary/aromatic N) is 4. The number of benzene rings is 8. The van der Waals surface area contributed by atoms with Gasteiger partial charge in [0, 0.05) is 40.6 Å². The van der Waals surface area contributed by atoms with Gasteiger partial charge in [0.2, 0.25) is 0 Å². The Labute approximate surface area is 527 Å². The van der Waals surface area contributed by atoms with E-state index < -0.39 is 36.1 Å². The van der Waals surface area contributed by atoms with Gasteiger partial charge < -0.3 is 24.3 Å². The summed E-state index contributed by atoms with van der Waals surface area (Å²) in [5, 5.41) is 44.4. The van der Waals surface area contributed by atoms with Crippen LogP contribution in [0.2, 0.25) is 0 Å². The molecule has 1 unspecified atom stereocenters. The molecule has 0 radical (unpaired) electrons. The molecule has 12 heteroatoms. The molecule has 1 aliphatic rings. The smallest absolute Gasteiger partial charge is 0.478 e. The average Bonchev–Trinajstić information content (AvgIpc) is 1.53. The molecular weight excluding hydrogens is 1120 g/mol. The fourth-order valence-electron chi connectivity index (χ4n) is 12.9. The maximum atomic E-state index is 17.6. The molecule has 0 saturated carbocycles. The van der Waals surface area contributed by atoms with Gasteiger partial charge in [-0.2, -0.15) is 0 Å². The molecule has 450 valence electrons. The standard InChI is InChI=1S/C78H72BFN4O6/c1-13-40-90-75(89)69-66(53-26-30-55(31-27-53)74(87)88)72(84(79(45-81)46-82)78(69,11)61-21-17-19-57(44-61)51-34-38-60(39-35-51)77(8,9)10)68(64-48(3)41-47(2)42-49(64)4)71-65(52-24-28-54(29-25-52)73(85)86)67(62-22-14-15-23-63(62)80)70(83(71)12)58-20-16-18-56(43-58)50-32-36-59(37-33-50)76(5,6)7/h14-39,41-44H,13,40H2,1-12H3,(H,85,86)(H,87,88)/b72-68-. The van der Waals surface area contributed by atoms with Crippen LogP contribution in [0, 0.1) is 49.0 Å². The second kappa shape index (κ2) is 24.7.